The Kier molecular flexibility index (Phi) is 5.51. The first-order valence-corrected chi connectivity index (χ1v) is 17.5. The molecule has 1 heteroatoms. The minimum Gasteiger partial charge on any atom is -0.456 e. The third-order valence-corrected chi connectivity index (χ3v) is 11.4. The molecule has 11 rings (SSSR count). The molecular formula is C49H32O. The second kappa shape index (κ2) is 9.94. The Labute approximate surface area is 290 Å². The molecule has 0 unspecified atom stereocenters. The molecule has 1 nitrogen and oxygen atoms in total. The van der Waals surface area contributed by atoms with E-state index in [1.165, 1.54) is 98.4 Å². The van der Waals surface area contributed by atoms with Crippen molar-refractivity contribution in [3.63, 3.8) is 0 Å². The summed E-state index contributed by atoms with van der Waals surface area (Å²) >= 11 is 0. The van der Waals surface area contributed by atoms with Crippen LogP contribution >= 0.6 is 0 Å². The zero-order chi connectivity index (χ0) is 33.1. The largest absolute Gasteiger partial charge is 0.456 e. The van der Waals surface area contributed by atoms with E-state index in [2.05, 4.69) is 172 Å². The first-order valence-electron chi connectivity index (χ1n) is 17.5. The lowest BCUT2D eigenvalue weighted by Crippen LogP contribution is -2.15. The Bertz CT molecular complexity index is 3000. The molecule has 10 aromatic rings. The molecule has 0 radical (unpaired) electrons. The Morgan fingerprint density at radius 3 is 1.70 bits per heavy atom. The first-order chi connectivity index (χ1) is 24.6. The molecule has 0 amide bonds. The molecule has 0 spiro atoms. The number of hydrogen-bond donors (Lipinski definition) is 0. The Hall–Kier alpha value is -6.18. The fraction of sp³-hybridized carbons (Fsp3) is 0.0612. The molecule has 1 aromatic heterocycles. The molecule has 0 atom stereocenters. The molecule has 1 heterocycles. The molecule has 0 saturated heterocycles. The van der Waals surface area contributed by atoms with Gasteiger partial charge in [0.15, 0.2) is 0 Å². The zero-order valence-electron chi connectivity index (χ0n) is 27.9. The number of benzene rings is 9. The predicted octanol–water partition coefficient (Wildman–Crippen LogP) is 13.8. The summed E-state index contributed by atoms with van der Waals surface area (Å²) in [6.07, 6.45) is 0. The lowest BCUT2D eigenvalue weighted by atomic mass is 9.80. The minimum atomic E-state index is -0.180. The van der Waals surface area contributed by atoms with Crippen molar-refractivity contribution in [3.05, 3.63) is 169 Å². The summed E-state index contributed by atoms with van der Waals surface area (Å²) in [5, 5.41) is 12.6. The Morgan fingerprint density at radius 2 is 0.980 bits per heavy atom. The van der Waals surface area contributed by atoms with Crippen molar-refractivity contribution >= 4 is 65.0 Å². The predicted molar refractivity (Wildman–Crippen MR) is 212 cm³/mol. The highest BCUT2D eigenvalue weighted by atomic mass is 16.3. The van der Waals surface area contributed by atoms with Crippen LogP contribution in [0.5, 0.6) is 0 Å². The van der Waals surface area contributed by atoms with Gasteiger partial charge in [0.2, 0.25) is 0 Å². The quantitative estimate of drug-likeness (QED) is 0.172. The maximum Gasteiger partial charge on any atom is 0.135 e. The zero-order valence-corrected chi connectivity index (χ0v) is 27.9. The van der Waals surface area contributed by atoms with E-state index in [1.807, 2.05) is 0 Å². The number of hydrogen-bond acceptors (Lipinski definition) is 1. The summed E-state index contributed by atoms with van der Waals surface area (Å²) in [5.41, 5.74) is 12.1. The van der Waals surface area contributed by atoms with Gasteiger partial charge in [0, 0.05) is 16.2 Å². The van der Waals surface area contributed by atoms with Crippen LogP contribution in [-0.4, -0.2) is 0 Å². The van der Waals surface area contributed by atoms with Gasteiger partial charge in [-0.25, -0.2) is 0 Å². The number of furan rings is 1. The van der Waals surface area contributed by atoms with E-state index in [1.54, 1.807) is 0 Å². The molecule has 0 N–H and O–H groups in total. The van der Waals surface area contributed by atoms with E-state index < -0.39 is 0 Å². The minimum absolute atomic E-state index is 0.180. The van der Waals surface area contributed by atoms with Crippen LogP contribution in [0, 0.1) is 0 Å². The van der Waals surface area contributed by atoms with Crippen molar-refractivity contribution in [2.75, 3.05) is 0 Å². The van der Waals surface area contributed by atoms with Gasteiger partial charge in [0.1, 0.15) is 11.2 Å². The molecule has 1 aliphatic rings. The van der Waals surface area contributed by atoms with E-state index in [9.17, 15) is 0 Å². The molecule has 234 valence electrons. The fourth-order valence-corrected chi connectivity index (χ4v) is 9.27. The summed E-state index contributed by atoms with van der Waals surface area (Å²) in [6, 6.07) is 58.0. The number of fused-ring (bicyclic) bond motifs is 12. The second-order valence-electron chi connectivity index (χ2n) is 14.4. The van der Waals surface area contributed by atoms with E-state index in [4.69, 9.17) is 4.42 Å². The van der Waals surface area contributed by atoms with Crippen molar-refractivity contribution in [1.82, 2.24) is 0 Å². The highest BCUT2D eigenvalue weighted by molar-refractivity contribution is 6.24. The third kappa shape index (κ3) is 3.62. The standard InChI is InChI=1S/C49H32O/c1-49(2)41-25-22-30-13-4-6-16-33(30)46(41)39-24-27-43-47(48(39)49)40-28-31(23-26-42(40)50-43)44-35-17-7-9-19-37(35)45(38-20-10-8-18-36(38)44)34-21-11-14-29-12-3-5-15-32(29)34/h3-28H,1-2H3. The molecular weight excluding hydrogens is 605 g/mol. The summed E-state index contributed by atoms with van der Waals surface area (Å²) < 4.78 is 6.64. The van der Waals surface area contributed by atoms with Gasteiger partial charge in [-0.2, -0.15) is 0 Å². The fourth-order valence-electron chi connectivity index (χ4n) is 9.27. The van der Waals surface area contributed by atoms with E-state index in [0.717, 1.165) is 11.2 Å². The number of rotatable bonds is 2. The maximum atomic E-state index is 6.64. The topological polar surface area (TPSA) is 13.1 Å². The Morgan fingerprint density at radius 1 is 0.400 bits per heavy atom. The third-order valence-electron chi connectivity index (χ3n) is 11.4. The van der Waals surface area contributed by atoms with Crippen molar-refractivity contribution in [3.8, 4) is 33.4 Å². The lowest BCUT2D eigenvalue weighted by Gasteiger charge is -2.22. The summed E-state index contributed by atoms with van der Waals surface area (Å²) in [4.78, 5) is 0. The van der Waals surface area contributed by atoms with Crippen LogP contribution < -0.4 is 0 Å². The summed E-state index contributed by atoms with van der Waals surface area (Å²) in [5.74, 6) is 0. The second-order valence-corrected chi connectivity index (χ2v) is 14.4. The smallest absolute Gasteiger partial charge is 0.135 e. The van der Waals surface area contributed by atoms with E-state index in [0.29, 0.717) is 0 Å². The van der Waals surface area contributed by atoms with Crippen LogP contribution in [0.4, 0.5) is 0 Å². The highest BCUT2D eigenvalue weighted by Crippen LogP contribution is 2.55. The van der Waals surface area contributed by atoms with Crippen molar-refractivity contribution in [2.24, 2.45) is 0 Å². The molecule has 0 bridgehead atoms. The van der Waals surface area contributed by atoms with Gasteiger partial charge in [-0.05, 0) is 106 Å². The monoisotopic (exact) mass is 636 g/mol. The van der Waals surface area contributed by atoms with Gasteiger partial charge >= 0.3 is 0 Å². The highest BCUT2D eigenvalue weighted by Gasteiger charge is 2.39. The van der Waals surface area contributed by atoms with Gasteiger partial charge in [0.25, 0.3) is 0 Å². The van der Waals surface area contributed by atoms with Crippen LogP contribution in [0.1, 0.15) is 25.0 Å². The van der Waals surface area contributed by atoms with Gasteiger partial charge < -0.3 is 4.42 Å². The van der Waals surface area contributed by atoms with Crippen LogP contribution in [0.2, 0.25) is 0 Å². The normalized spacial score (nSPS) is 13.6. The molecule has 0 fully saturated rings. The van der Waals surface area contributed by atoms with Crippen LogP contribution in [0.3, 0.4) is 0 Å². The molecule has 0 saturated carbocycles. The van der Waals surface area contributed by atoms with Gasteiger partial charge in [0.05, 0.1) is 0 Å². The Balaban J connectivity index is 1.22. The maximum absolute atomic E-state index is 6.64. The van der Waals surface area contributed by atoms with Gasteiger partial charge in [-0.15, -0.1) is 0 Å². The van der Waals surface area contributed by atoms with Crippen LogP contribution in [0.25, 0.3) is 98.4 Å². The molecule has 9 aromatic carbocycles. The van der Waals surface area contributed by atoms with Crippen LogP contribution in [-0.2, 0) is 5.41 Å². The van der Waals surface area contributed by atoms with Gasteiger partial charge in [-0.1, -0.05) is 153 Å². The van der Waals surface area contributed by atoms with Crippen LogP contribution in [0.15, 0.2) is 162 Å². The van der Waals surface area contributed by atoms with Crippen molar-refractivity contribution in [1.29, 1.82) is 0 Å². The molecule has 50 heavy (non-hydrogen) atoms. The summed E-state index contributed by atoms with van der Waals surface area (Å²) in [6.45, 7) is 4.75. The average molecular weight is 637 g/mol. The van der Waals surface area contributed by atoms with Crippen molar-refractivity contribution < 1.29 is 4.42 Å². The first kappa shape index (κ1) is 27.7. The molecule has 1 aliphatic carbocycles. The van der Waals surface area contributed by atoms with Gasteiger partial charge in [-0.3, -0.25) is 0 Å². The molecule has 0 aliphatic heterocycles. The lowest BCUT2D eigenvalue weighted by molar-refractivity contribution is 0.657. The van der Waals surface area contributed by atoms with Crippen molar-refractivity contribution in [2.45, 2.75) is 19.3 Å². The average Bonchev–Trinajstić information content (AvgIpc) is 3.64. The SMILES string of the molecule is CC1(C)c2ccc3ccccc3c2-c2ccc3oc4ccc(-c5c6ccccc6c(-c6cccc7ccccc67)c6ccccc56)cc4c3c21. The summed E-state index contributed by atoms with van der Waals surface area (Å²) in [7, 11) is 0. The van der Waals surface area contributed by atoms with E-state index >= 15 is 0 Å². The van der Waals surface area contributed by atoms with E-state index in [-0.39, 0.29) is 5.41 Å².